The van der Waals surface area contributed by atoms with E-state index in [9.17, 15) is 13.2 Å². The molecule has 2 aromatic carbocycles. The number of thiocarbonyl (C=S) groups is 1. The molecule has 2 rings (SSSR count). The molecule has 3 nitrogen and oxygen atoms in total. The summed E-state index contributed by atoms with van der Waals surface area (Å²) in [5.41, 5.74) is 0.0612. The van der Waals surface area contributed by atoms with Gasteiger partial charge in [0.15, 0.2) is 5.11 Å². The zero-order valence-electron chi connectivity index (χ0n) is 13.1. The molecule has 0 amide bonds. The molecular formula is C17H17F3N2OS. The van der Waals surface area contributed by atoms with Crippen molar-refractivity contribution in [1.82, 2.24) is 5.32 Å². The Balaban J connectivity index is 2.08. The van der Waals surface area contributed by atoms with Crippen LogP contribution in [0, 0.1) is 0 Å². The Bertz CT molecular complexity index is 719. The second-order valence-electron chi connectivity index (χ2n) is 5.14. The SMILES string of the molecule is COc1cccc(C(C)NC(=S)Nc2ccccc2C(F)(F)F)c1. The highest BCUT2D eigenvalue weighted by Crippen LogP contribution is 2.34. The molecule has 0 radical (unpaired) electrons. The van der Waals surface area contributed by atoms with Crippen LogP contribution in [-0.2, 0) is 6.18 Å². The Hall–Kier alpha value is -2.28. The van der Waals surface area contributed by atoms with Crippen LogP contribution in [0.5, 0.6) is 5.75 Å². The van der Waals surface area contributed by atoms with Crippen LogP contribution >= 0.6 is 12.2 Å². The van der Waals surface area contributed by atoms with E-state index < -0.39 is 11.7 Å². The fourth-order valence-corrected chi connectivity index (χ4v) is 2.48. The van der Waals surface area contributed by atoms with Gasteiger partial charge in [0.05, 0.1) is 24.4 Å². The molecule has 1 atom stereocenters. The predicted molar refractivity (Wildman–Crippen MR) is 92.2 cm³/mol. The molecule has 0 aliphatic rings. The molecule has 128 valence electrons. The third-order valence-electron chi connectivity index (χ3n) is 3.42. The number of rotatable bonds is 4. The minimum atomic E-state index is -4.45. The first-order valence-electron chi connectivity index (χ1n) is 7.19. The third kappa shape index (κ3) is 4.61. The summed E-state index contributed by atoms with van der Waals surface area (Å²) in [4.78, 5) is 0. The molecule has 0 aliphatic heterocycles. The molecule has 0 bridgehead atoms. The Morgan fingerprint density at radius 1 is 1.12 bits per heavy atom. The van der Waals surface area contributed by atoms with Crippen molar-refractivity contribution in [1.29, 1.82) is 0 Å². The molecule has 0 saturated carbocycles. The quantitative estimate of drug-likeness (QED) is 0.776. The van der Waals surface area contributed by atoms with Crippen molar-refractivity contribution >= 4 is 23.0 Å². The number of hydrogen-bond acceptors (Lipinski definition) is 2. The molecule has 0 aliphatic carbocycles. The summed E-state index contributed by atoms with van der Waals surface area (Å²) in [6.45, 7) is 1.86. The molecule has 2 N–H and O–H groups in total. The van der Waals surface area contributed by atoms with Crippen LogP contribution in [0.1, 0.15) is 24.1 Å². The van der Waals surface area contributed by atoms with Gasteiger partial charge in [-0.05, 0) is 49.0 Å². The van der Waals surface area contributed by atoms with Crippen LogP contribution in [0.3, 0.4) is 0 Å². The summed E-state index contributed by atoms with van der Waals surface area (Å²) in [6, 6.07) is 12.4. The zero-order valence-corrected chi connectivity index (χ0v) is 14.0. The van der Waals surface area contributed by atoms with E-state index in [-0.39, 0.29) is 16.8 Å². The van der Waals surface area contributed by atoms with Gasteiger partial charge in [-0.2, -0.15) is 13.2 Å². The van der Waals surface area contributed by atoms with Gasteiger partial charge in [-0.1, -0.05) is 24.3 Å². The van der Waals surface area contributed by atoms with Crippen molar-refractivity contribution in [2.45, 2.75) is 19.1 Å². The second-order valence-corrected chi connectivity index (χ2v) is 5.55. The maximum absolute atomic E-state index is 13.0. The van der Waals surface area contributed by atoms with Crippen molar-refractivity contribution in [2.24, 2.45) is 0 Å². The lowest BCUT2D eigenvalue weighted by Crippen LogP contribution is -2.31. The number of halogens is 3. The summed E-state index contributed by atoms with van der Waals surface area (Å²) in [6.07, 6.45) is -4.45. The number of benzene rings is 2. The minimum absolute atomic E-state index is 0.0830. The van der Waals surface area contributed by atoms with Gasteiger partial charge >= 0.3 is 6.18 Å². The van der Waals surface area contributed by atoms with E-state index in [4.69, 9.17) is 17.0 Å². The lowest BCUT2D eigenvalue weighted by Gasteiger charge is -2.19. The highest BCUT2D eigenvalue weighted by molar-refractivity contribution is 7.80. The van der Waals surface area contributed by atoms with Crippen LogP contribution in [0.25, 0.3) is 0 Å². The second kappa shape index (κ2) is 7.53. The molecule has 0 fully saturated rings. The first-order valence-corrected chi connectivity index (χ1v) is 7.60. The number of alkyl halides is 3. The first kappa shape index (κ1) is 18.1. The van der Waals surface area contributed by atoms with Crippen LogP contribution in [0.4, 0.5) is 18.9 Å². The minimum Gasteiger partial charge on any atom is -0.497 e. The number of anilines is 1. The lowest BCUT2D eigenvalue weighted by atomic mass is 10.1. The summed E-state index contributed by atoms with van der Waals surface area (Å²) < 4.78 is 44.1. The molecule has 7 heteroatoms. The maximum atomic E-state index is 13.0. The van der Waals surface area contributed by atoms with E-state index >= 15 is 0 Å². The normalized spacial score (nSPS) is 12.4. The third-order valence-corrected chi connectivity index (χ3v) is 3.64. The molecule has 24 heavy (non-hydrogen) atoms. The molecule has 2 aromatic rings. The maximum Gasteiger partial charge on any atom is 0.418 e. The van der Waals surface area contributed by atoms with E-state index in [0.29, 0.717) is 5.75 Å². The van der Waals surface area contributed by atoms with Gasteiger partial charge in [0.25, 0.3) is 0 Å². The lowest BCUT2D eigenvalue weighted by molar-refractivity contribution is -0.136. The molecule has 0 aromatic heterocycles. The monoisotopic (exact) mass is 354 g/mol. The van der Waals surface area contributed by atoms with E-state index in [1.54, 1.807) is 7.11 Å². The summed E-state index contributed by atoms with van der Waals surface area (Å²) in [5.74, 6) is 0.697. The topological polar surface area (TPSA) is 33.3 Å². The average molecular weight is 354 g/mol. The fourth-order valence-electron chi connectivity index (χ4n) is 2.19. The van der Waals surface area contributed by atoms with E-state index in [0.717, 1.165) is 11.6 Å². The highest BCUT2D eigenvalue weighted by atomic mass is 32.1. The number of para-hydroxylation sites is 1. The van der Waals surface area contributed by atoms with Gasteiger partial charge < -0.3 is 15.4 Å². The highest BCUT2D eigenvalue weighted by Gasteiger charge is 2.33. The first-order chi connectivity index (χ1) is 11.3. The summed E-state index contributed by atoms with van der Waals surface area (Å²) in [5, 5.41) is 5.70. The molecule has 0 saturated heterocycles. The average Bonchev–Trinajstić information content (AvgIpc) is 2.54. The number of ether oxygens (including phenoxy) is 1. The Morgan fingerprint density at radius 3 is 2.50 bits per heavy atom. The van der Waals surface area contributed by atoms with E-state index in [1.165, 1.54) is 18.2 Å². The Morgan fingerprint density at radius 2 is 1.83 bits per heavy atom. The van der Waals surface area contributed by atoms with Crippen molar-refractivity contribution in [3.05, 3.63) is 59.7 Å². The van der Waals surface area contributed by atoms with Gasteiger partial charge in [0.2, 0.25) is 0 Å². The summed E-state index contributed by atoms with van der Waals surface area (Å²) >= 11 is 5.14. The number of hydrogen-bond donors (Lipinski definition) is 2. The largest absolute Gasteiger partial charge is 0.497 e. The van der Waals surface area contributed by atoms with Crippen molar-refractivity contribution in [3.8, 4) is 5.75 Å². The molecule has 0 heterocycles. The van der Waals surface area contributed by atoms with Gasteiger partial charge in [0.1, 0.15) is 5.75 Å². The van der Waals surface area contributed by atoms with Crippen LogP contribution in [-0.4, -0.2) is 12.2 Å². The van der Waals surface area contributed by atoms with Crippen molar-refractivity contribution in [2.75, 3.05) is 12.4 Å². The van der Waals surface area contributed by atoms with Gasteiger partial charge in [-0.15, -0.1) is 0 Å². The van der Waals surface area contributed by atoms with E-state index in [1.807, 2.05) is 31.2 Å². The standard InChI is InChI=1S/C17H17F3N2OS/c1-11(12-6-5-7-13(10-12)23-2)21-16(24)22-15-9-4-3-8-14(15)17(18,19)20/h3-11H,1-2H3,(H2,21,22,24). The number of nitrogens with one attached hydrogen (secondary N) is 2. The van der Waals surface area contributed by atoms with Crippen molar-refractivity contribution in [3.63, 3.8) is 0 Å². The summed E-state index contributed by atoms with van der Waals surface area (Å²) in [7, 11) is 1.57. The zero-order chi connectivity index (χ0) is 17.7. The number of methoxy groups -OCH3 is 1. The molecule has 0 spiro atoms. The molecular weight excluding hydrogens is 337 g/mol. The fraction of sp³-hybridized carbons (Fsp3) is 0.235. The predicted octanol–water partition coefficient (Wildman–Crippen LogP) is 4.76. The Labute approximate surface area is 143 Å². The van der Waals surface area contributed by atoms with Crippen LogP contribution in [0.15, 0.2) is 48.5 Å². The van der Waals surface area contributed by atoms with Gasteiger partial charge in [-0.3, -0.25) is 0 Å². The Kier molecular flexibility index (Phi) is 5.66. The van der Waals surface area contributed by atoms with Crippen LogP contribution < -0.4 is 15.4 Å². The van der Waals surface area contributed by atoms with Crippen molar-refractivity contribution < 1.29 is 17.9 Å². The smallest absolute Gasteiger partial charge is 0.418 e. The van der Waals surface area contributed by atoms with Gasteiger partial charge in [0, 0.05) is 0 Å². The van der Waals surface area contributed by atoms with E-state index in [2.05, 4.69) is 10.6 Å². The van der Waals surface area contributed by atoms with Gasteiger partial charge in [-0.25, -0.2) is 0 Å². The molecule has 1 unspecified atom stereocenters. The van der Waals surface area contributed by atoms with Crippen LogP contribution in [0.2, 0.25) is 0 Å².